The Kier molecular flexibility index (Phi) is 9.79. The molecule has 0 bridgehead atoms. The molecule has 4 rings (SSSR count). The van der Waals surface area contributed by atoms with Crippen LogP contribution in [0.25, 0.3) is 0 Å². The number of nitrogens with zero attached hydrogens (tertiary/aromatic N) is 1. The highest BCUT2D eigenvalue weighted by Gasteiger charge is 2.48. The summed E-state index contributed by atoms with van der Waals surface area (Å²) in [4.78, 5) is 6.16. The van der Waals surface area contributed by atoms with Gasteiger partial charge in [0.25, 0.3) is 0 Å². The molecular weight excluding hydrogens is 450 g/mol. The minimum absolute atomic E-state index is 0.0633. The van der Waals surface area contributed by atoms with E-state index < -0.39 is 0 Å². The molecule has 37 heavy (non-hydrogen) atoms. The van der Waals surface area contributed by atoms with Crippen LogP contribution in [0.2, 0.25) is 0 Å². The lowest BCUT2D eigenvalue weighted by molar-refractivity contribution is -0.284. The number of benzene rings is 1. The molecule has 206 valence electrons. The molecule has 0 unspecified atom stereocenters. The van der Waals surface area contributed by atoms with Gasteiger partial charge in [0, 0.05) is 11.1 Å². The third-order valence-corrected chi connectivity index (χ3v) is 10.1. The Bertz CT molecular complexity index is 847. The van der Waals surface area contributed by atoms with Crippen molar-refractivity contribution >= 4 is 0 Å². The van der Waals surface area contributed by atoms with E-state index in [1.54, 1.807) is 11.1 Å². The first-order valence-electron chi connectivity index (χ1n) is 15.5. The maximum atomic E-state index is 6.16. The monoisotopic (exact) mass is 505 g/mol. The van der Waals surface area contributed by atoms with E-state index in [0.29, 0.717) is 6.61 Å². The number of allylic oxidation sites excluding steroid dienone is 2. The molecule has 1 aromatic carbocycles. The maximum Gasteiger partial charge on any atom is 0.0864 e. The third kappa shape index (κ3) is 7.18. The van der Waals surface area contributed by atoms with E-state index in [0.717, 1.165) is 29.6 Å². The summed E-state index contributed by atoms with van der Waals surface area (Å²) >= 11 is 0. The molecule has 0 radical (unpaired) electrons. The van der Waals surface area contributed by atoms with Crippen molar-refractivity contribution in [2.45, 2.75) is 135 Å². The average Bonchev–Trinajstić information content (AvgIpc) is 2.88. The zero-order valence-electron chi connectivity index (χ0n) is 24.7. The van der Waals surface area contributed by atoms with E-state index in [2.05, 4.69) is 82.7 Å². The SMILES string of the molecule is C=CCON1C(C)(C)CC(C2CCC(c3ccc(C4CCC(CC/C=C/C)CC4)cc3)CC2)CC1(C)C. The van der Waals surface area contributed by atoms with Gasteiger partial charge in [-0.05, 0) is 152 Å². The van der Waals surface area contributed by atoms with Crippen LogP contribution >= 0.6 is 0 Å². The number of hydrogen-bond donors (Lipinski definition) is 0. The maximum absolute atomic E-state index is 6.16. The van der Waals surface area contributed by atoms with Gasteiger partial charge in [-0.1, -0.05) is 42.5 Å². The molecule has 2 nitrogen and oxygen atoms in total. The molecule has 3 fully saturated rings. The molecule has 1 heterocycles. The van der Waals surface area contributed by atoms with E-state index in [1.165, 1.54) is 77.0 Å². The highest BCUT2D eigenvalue weighted by molar-refractivity contribution is 5.28. The van der Waals surface area contributed by atoms with Gasteiger partial charge in [0.2, 0.25) is 0 Å². The van der Waals surface area contributed by atoms with E-state index in [9.17, 15) is 0 Å². The fraction of sp³-hybridized carbons (Fsp3) is 0.714. The Morgan fingerprint density at radius 2 is 1.32 bits per heavy atom. The van der Waals surface area contributed by atoms with Crippen LogP contribution in [0.3, 0.4) is 0 Å². The predicted octanol–water partition coefficient (Wildman–Crippen LogP) is 9.98. The van der Waals surface area contributed by atoms with Gasteiger partial charge in [-0.15, -0.1) is 6.58 Å². The lowest BCUT2D eigenvalue weighted by Gasteiger charge is -2.55. The zero-order chi connectivity index (χ0) is 26.5. The third-order valence-electron chi connectivity index (χ3n) is 10.1. The summed E-state index contributed by atoms with van der Waals surface area (Å²) in [6.07, 6.45) is 22.6. The molecule has 0 atom stereocenters. The fourth-order valence-electron chi connectivity index (χ4n) is 8.40. The van der Waals surface area contributed by atoms with Crippen molar-refractivity contribution in [1.82, 2.24) is 5.06 Å². The second-order valence-corrected chi connectivity index (χ2v) is 13.8. The van der Waals surface area contributed by atoms with Crippen molar-refractivity contribution in [3.8, 4) is 0 Å². The van der Waals surface area contributed by atoms with E-state index >= 15 is 0 Å². The fourth-order valence-corrected chi connectivity index (χ4v) is 8.40. The number of hydroxylamine groups is 2. The van der Waals surface area contributed by atoms with E-state index in [4.69, 9.17) is 4.84 Å². The van der Waals surface area contributed by atoms with Crippen LogP contribution in [0.15, 0.2) is 49.1 Å². The summed E-state index contributed by atoms with van der Waals surface area (Å²) in [6, 6.07) is 9.94. The zero-order valence-corrected chi connectivity index (χ0v) is 24.7. The van der Waals surface area contributed by atoms with Gasteiger partial charge in [-0.3, -0.25) is 4.84 Å². The van der Waals surface area contributed by atoms with Crippen molar-refractivity contribution < 1.29 is 4.84 Å². The molecular formula is C35H55NO. The van der Waals surface area contributed by atoms with Crippen molar-refractivity contribution in [2.75, 3.05) is 6.61 Å². The Morgan fingerprint density at radius 3 is 1.81 bits per heavy atom. The first-order chi connectivity index (χ1) is 17.7. The lowest BCUT2D eigenvalue weighted by Crippen LogP contribution is -2.61. The van der Waals surface area contributed by atoms with Crippen molar-refractivity contribution in [1.29, 1.82) is 0 Å². The van der Waals surface area contributed by atoms with Gasteiger partial charge in [0.15, 0.2) is 0 Å². The van der Waals surface area contributed by atoms with Crippen LogP contribution in [0.5, 0.6) is 0 Å². The molecule has 2 aliphatic carbocycles. The number of hydrogen-bond acceptors (Lipinski definition) is 2. The smallest absolute Gasteiger partial charge is 0.0864 e. The predicted molar refractivity (Wildman–Crippen MR) is 159 cm³/mol. The van der Waals surface area contributed by atoms with Crippen LogP contribution in [-0.4, -0.2) is 22.7 Å². The van der Waals surface area contributed by atoms with Crippen LogP contribution in [0.4, 0.5) is 0 Å². The Hall–Kier alpha value is -1.38. The molecule has 3 aliphatic rings. The topological polar surface area (TPSA) is 12.5 Å². The van der Waals surface area contributed by atoms with Gasteiger partial charge in [0.1, 0.15) is 0 Å². The summed E-state index contributed by atoms with van der Waals surface area (Å²) in [7, 11) is 0. The normalized spacial score (nSPS) is 30.9. The van der Waals surface area contributed by atoms with Crippen LogP contribution in [0.1, 0.15) is 135 Å². The van der Waals surface area contributed by atoms with Gasteiger partial charge >= 0.3 is 0 Å². The van der Waals surface area contributed by atoms with Crippen molar-refractivity contribution in [3.63, 3.8) is 0 Å². The molecule has 0 aromatic heterocycles. The van der Waals surface area contributed by atoms with Crippen molar-refractivity contribution in [2.24, 2.45) is 17.8 Å². The number of piperidine rings is 1. The Balaban J connectivity index is 1.27. The van der Waals surface area contributed by atoms with Gasteiger partial charge < -0.3 is 0 Å². The van der Waals surface area contributed by atoms with Crippen molar-refractivity contribution in [3.05, 3.63) is 60.2 Å². The highest BCUT2D eigenvalue weighted by atomic mass is 16.7. The lowest BCUT2D eigenvalue weighted by atomic mass is 9.65. The number of rotatable bonds is 9. The van der Waals surface area contributed by atoms with Gasteiger partial charge in [-0.2, -0.15) is 5.06 Å². The van der Waals surface area contributed by atoms with Gasteiger partial charge in [0.05, 0.1) is 6.61 Å². The Labute approximate surface area is 228 Å². The summed E-state index contributed by atoms with van der Waals surface area (Å²) in [5.74, 6) is 4.15. The molecule has 0 spiro atoms. The standard InChI is InChI=1S/C35H55NO/c1-7-9-10-11-27-12-14-28(15-13-27)29-16-18-30(19-17-29)31-20-22-32(23-21-31)33-25-34(3,4)36(37-24-8-2)35(5,6)26-33/h7-9,16-19,27-28,31-33H,2,10-15,20-26H2,1,3-6H3/b9-7+. The quantitative estimate of drug-likeness (QED) is 0.310. The first-order valence-corrected chi connectivity index (χ1v) is 15.5. The van der Waals surface area contributed by atoms with Gasteiger partial charge in [-0.25, -0.2) is 0 Å². The largest absolute Gasteiger partial charge is 0.294 e. The summed E-state index contributed by atoms with van der Waals surface area (Å²) < 4.78 is 0. The van der Waals surface area contributed by atoms with E-state index in [-0.39, 0.29) is 11.1 Å². The van der Waals surface area contributed by atoms with Crippen LogP contribution in [0, 0.1) is 17.8 Å². The molecule has 1 aliphatic heterocycles. The molecule has 0 N–H and O–H groups in total. The van der Waals surface area contributed by atoms with Crippen LogP contribution in [-0.2, 0) is 4.84 Å². The molecule has 2 heteroatoms. The first kappa shape index (κ1) is 28.6. The average molecular weight is 506 g/mol. The minimum atomic E-state index is 0.0633. The molecule has 0 amide bonds. The molecule has 1 saturated heterocycles. The summed E-state index contributed by atoms with van der Waals surface area (Å²) in [5.41, 5.74) is 3.32. The summed E-state index contributed by atoms with van der Waals surface area (Å²) in [6.45, 7) is 16.1. The second-order valence-electron chi connectivity index (χ2n) is 13.8. The molecule has 2 saturated carbocycles. The summed E-state index contributed by atoms with van der Waals surface area (Å²) in [5, 5.41) is 2.28. The second kappa shape index (κ2) is 12.6. The van der Waals surface area contributed by atoms with Crippen LogP contribution < -0.4 is 0 Å². The Morgan fingerprint density at radius 1 is 0.811 bits per heavy atom. The highest BCUT2D eigenvalue weighted by Crippen LogP contribution is 2.49. The van der Waals surface area contributed by atoms with E-state index in [1.807, 2.05) is 6.08 Å². The minimum Gasteiger partial charge on any atom is -0.294 e. The molecule has 1 aromatic rings.